The first-order valence-electron chi connectivity index (χ1n) is 7.94. The Hall–Kier alpha value is -0.0800. The van der Waals surface area contributed by atoms with Crippen LogP contribution in [0.15, 0.2) is 0 Å². The molecular formula is C16H31NO. The second kappa shape index (κ2) is 5.92. The molecule has 1 saturated heterocycles. The first-order chi connectivity index (χ1) is 8.52. The second-order valence-corrected chi connectivity index (χ2v) is 7.31. The van der Waals surface area contributed by atoms with Gasteiger partial charge < -0.3 is 5.11 Å². The molecule has 2 atom stereocenters. The van der Waals surface area contributed by atoms with Gasteiger partial charge in [-0.05, 0) is 56.5 Å². The van der Waals surface area contributed by atoms with Crippen LogP contribution in [-0.2, 0) is 0 Å². The van der Waals surface area contributed by atoms with Crippen LogP contribution in [0.2, 0.25) is 0 Å². The average molecular weight is 253 g/mol. The molecule has 1 aliphatic heterocycles. The predicted octanol–water partition coefficient (Wildman–Crippen LogP) is 3.44. The minimum Gasteiger partial charge on any atom is -0.391 e. The lowest BCUT2D eigenvalue weighted by molar-refractivity contribution is -0.0292. The molecule has 0 spiro atoms. The Morgan fingerprint density at radius 1 is 1.17 bits per heavy atom. The zero-order chi connectivity index (χ0) is 13.2. The normalized spacial score (nSPS) is 34.7. The summed E-state index contributed by atoms with van der Waals surface area (Å²) >= 11 is 0. The number of likely N-dealkylation sites (tertiary alicyclic amines) is 1. The highest BCUT2D eigenvalue weighted by molar-refractivity contribution is 4.92. The van der Waals surface area contributed by atoms with E-state index < -0.39 is 0 Å². The van der Waals surface area contributed by atoms with Crippen molar-refractivity contribution in [2.24, 2.45) is 11.3 Å². The fourth-order valence-corrected chi connectivity index (χ4v) is 3.89. The van der Waals surface area contributed by atoms with Gasteiger partial charge >= 0.3 is 0 Å². The lowest BCUT2D eigenvalue weighted by atomic mass is 9.73. The summed E-state index contributed by atoms with van der Waals surface area (Å²) in [6.07, 6.45) is 8.67. The molecule has 2 fully saturated rings. The number of aliphatic hydroxyl groups is 1. The average Bonchev–Trinajstić information content (AvgIpc) is 2.34. The molecule has 2 aliphatic rings. The number of nitrogens with zero attached hydrogens (tertiary/aromatic N) is 1. The summed E-state index contributed by atoms with van der Waals surface area (Å²) < 4.78 is 0. The van der Waals surface area contributed by atoms with E-state index in [2.05, 4.69) is 25.7 Å². The fraction of sp³-hybridized carbons (Fsp3) is 1.00. The van der Waals surface area contributed by atoms with E-state index in [0.717, 1.165) is 12.3 Å². The molecule has 0 aromatic rings. The van der Waals surface area contributed by atoms with Gasteiger partial charge in [-0.3, -0.25) is 4.90 Å². The summed E-state index contributed by atoms with van der Waals surface area (Å²) in [7, 11) is 0. The third-order valence-corrected chi connectivity index (χ3v) is 5.14. The second-order valence-electron chi connectivity index (χ2n) is 7.31. The van der Waals surface area contributed by atoms with Gasteiger partial charge in [-0.2, -0.15) is 0 Å². The van der Waals surface area contributed by atoms with Crippen molar-refractivity contribution in [3.63, 3.8) is 0 Å². The van der Waals surface area contributed by atoms with Crippen LogP contribution in [0.1, 0.15) is 65.7 Å². The largest absolute Gasteiger partial charge is 0.391 e. The molecule has 1 aliphatic carbocycles. The zero-order valence-corrected chi connectivity index (χ0v) is 12.5. The lowest BCUT2D eigenvalue weighted by Crippen LogP contribution is -2.51. The highest BCUT2D eigenvalue weighted by Crippen LogP contribution is 2.38. The van der Waals surface area contributed by atoms with E-state index in [1.807, 2.05) is 0 Å². The van der Waals surface area contributed by atoms with Crippen molar-refractivity contribution in [2.75, 3.05) is 13.1 Å². The van der Waals surface area contributed by atoms with E-state index in [4.69, 9.17) is 0 Å². The minimum absolute atomic E-state index is 0.0826. The van der Waals surface area contributed by atoms with Crippen molar-refractivity contribution in [2.45, 2.75) is 77.9 Å². The maximum atomic E-state index is 10.3. The van der Waals surface area contributed by atoms with Crippen molar-refractivity contribution in [3.8, 4) is 0 Å². The molecule has 1 saturated carbocycles. The summed E-state index contributed by atoms with van der Waals surface area (Å²) in [5.41, 5.74) is 0.421. The van der Waals surface area contributed by atoms with E-state index in [1.54, 1.807) is 0 Å². The minimum atomic E-state index is -0.0826. The Morgan fingerprint density at radius 2 is 1.83 bits per heavy atom. The number of hydrogen-bond acceptors (Lipinski definition) is 2. The highest BCUT2D eigenvalue weighted by Gasteiger charge is 2.38. The van der Waals surface area contributed by atoms with Crippen LogP contribution in [0.25, 0.3) is 0 Å². The Balaban J connectivity index is 1.88. The maximum Gasteiger partial charge on any atom is 0.0695 e. The maximum absolute atomic E-state index is 10.3. The van der Waals surface area contributed by atoms with E-state index in [9.17, 15) is 5.11 Å². The smallest absolute Gasteiger partial charge is 0.0695 e. The van der Waals surface area contributed by atoms with Crippen LogP contribution >= 0.6 is 0 Å². The molecule has 0 aromatic carbocycles. The van der Waals surface area contributed by atoms with Crippen LogP contribution in [0.4, 0.5) is 0 Å². The van der Waals surface area contributed by atoms with Crippen LogP contribution in [0, 0.1) is 11.3 Å². The van der Waals surface area contributed by atoms with Crippen molar-refractivity contribution < 1.29 is 5.11 Å². The monoisotopic (exact) mass is 253 g/mol. The third kappa shape index (κ3) is 3.48. The lowest BCUT2D eigenvalue weighted by Gasteiger charge is -2.46. The number of hydrogen-bond donors (Lipinski definition) is 1. The summed E-state index contributed by atoms with van der Waals surface area (Å²) in [6.45, 7) is 9.43. The molecule has 1 heterocycles. The van der Waals surface area contributed by atoms with Gasteiger partial charge in [-0.15, -0.1) is 0 Å². The van der Waals surface area contributed by atoms with E-state index in [-0.39, 0.29) is 6.10 Å². The molecular weight excluding hydrogens is 222 g/mol. The molecule has 1 N–H and O–H groups in total. The van der Waals surface area contributed by atoms with Crippen LogP contribution in [0.5, 0.6) is 0 Å². The Morgan fingerprint density at radius 3 is 2.44 bits per heavy atom. The zero-order valence-electron chi connectivity index (χ0n) is 12.5. The quantitative estimate of drug-likeness (QED) is 0.833. The van der Waals surface area contributed by atoms with Crippen LogP contribution in [0.3, 0.4) is 0 Å². The van der Waals surface area contributed by atoms with Gasteiger partial charge in [0.1, 0.15) is 0 Å². The number of piperidine rings is 1. The molecule has 0 bridgehead atoms. The predicted molar refractivity (Wildman–Crippen MR) is 76.6 cm³/mol. The van der Waals surface area contributed by atoms with E-state index in [0.29, 0.717) is 11.5 Å². The molecule has 0 aromatic heterocycles. The Labute approximate surface area is 113 Å². The standard InChI is InChI=1S/C16H31NO/c1-4-5-13-7-10-17(11-8-13)14-12-16(2,3)9-6-15(14)18/h13-15,18H,4-12H2,1-3H3. The van der Waals surface area contributed by atoms with Crippen molar-refractivity contribution in [1.82, 2.24) is 4.90 Å². The third-order valence-electron chi connectivity index (χ3n) is 5.14. The molecule has 2 unspecified atom stereocenters. The van der Waals surface area contributed by atoms with Gasteiger partial charge in [0.05, 0.1) is 6.10 Å². The van der Waals surface area contributed by atoms with Crippen molar-refractivity contribution in [1.29, 1.82) is 0 Å². The van der Waals surface area contributed by atoms with Crippen LogP contribution in [-0.4, -0.2) is 35.2 Å². The molecule has 2 nitrogen and oxygen atoms in total. The molecule has 2 heteroatoms. The number of aliphatic hydroxyl groups excluding tert-OH is 1. The molecule has 2 rings (SSSR count). The summed E-state index contributed by atoms with van der Waals surface area (Å²) in [5, 5.41) is 10.3. The Bertz CT molecular complexity index is 256. The SMILES string of the molecule is CCCC1CCN(C2CC(C)(C)CCC2O)CC1. The first kappa shape index (κ1) is 14.3. The topological polar surface area (TPSA) is 23.5 Å². The Kier molecular flexibility index (Phi) is 4.71. The molecule has 0 radical (unpaired) electrons. The molecule has 18 heavy (non-hydrogen) atoms. The van der Waals surface area contributed by atoms with Crippen molar-refractivity contribution in [3.05, 3.63) is 0 Å². The highest BCUT2D eigenvalue weighted by atomic mass is 16.3. The van der Waals surface area contributed by atoms with Gasteiger partial charge in [0.15, 0.2) is 0 Å². The summed E-state index contributed by atoms with van der Waals surface area (Å²) in [5.74, 6) is 0.944. The fourth-order valence-electron chi connectivity index (χ4n) is 3.89. The molecule has 0 amide bonds. The van der Waals surface area contributed by atoms with E-state index >= 15 is 0 Å². The van der Waals surface area contributed by atoms with E-state index in [1.165, 1.54) is 51.6 Å². The summed E-state index contributed by atoms with van der Waals surface area (Å²) in [4.78, 5) is 2.58. The van der Waals surface area contributed by atoms with Crippen molar-refractivity contribution >= 4 is 0 Å². The van der Waals surface area contributed by atoms with Gasteiger partial charge in [-0.1, -0.05) is 33.6 Å². The van der Waals surface area contributed by atoms with Gasteiger partial charge in [0.25, 0.3) is 0 Å². The van der Waals surface area contributed by atoms with Gasteiger partial charge in [-0.25, -0.2) is 0 Å². The first-order valence-corrected chi connectivity index (χ1v) is 7.94. The van der Waals surface area contributed by atoms with Gasteiger partial charge in [0, 0.05) is 6.04 Å². The van der Waals surface area contributed by atoms with Crippen LogP contribution < -0.4 is 0 Å². The van der Waals surface area contributed by atoms with Gasteiger partial charge in [0.2, 0.25) is 0 Å². The number of rotatable bonds is 3. The summed E-state index contributed by atoms with van der Waals surface area (Å²) in [6, 6.07) is 0.427. The molecule has 106 valence electrons.